The number of anilines is 2. The van der Waals surface area contributed by atoms with Crippen molar-refractivity contribution in [3.63, 3.8) is 0 Å². The van der Waals surface area contributed by atoms with Gasteiger partial charge in [-0.25, -0.2) is 9.37 Å². The summed E-state index contributed by atoms with van der Waals surface area (Å²) >= 11 is 0. The Balaban J connectivity index is 2.47. The van der Waals surface area contributed by atoms with Gasteiger partial charge in [0, 0.05) is 30.0 Å². The summed E-state index contributed by atoms with van der Waals surface area (Å²) in [7, 11) is 0. The van der Waals surface area contributed by atoms with Crippen LogP contribution in [0.1, 0.15) is 18.2 Å². The molecular weight excluding hydrogens is 241 g/mol. The summed E-state index contributed by atoms with van der Waals surface area (Å²) in [6, 6.07) is 10.4. The number of benzene rings is 1. The van der Waals surface area contributed by atoms with Gasteiger partial charge < -0.3 is 10.6 Å². The highest BCUT2D eigenvalue weighted by atomic mass is 19.1. The van der Waals surface area contributed by atoms with Crippen molar-refractivity contribution >= 4 is 11.5 Å². The van der Waals surface area contributed by atoms with Crippen molar-refractivity contribution < 1.29 is 4.39 Å². The predicted octanol–water partition coefficient (Wildman–Crippen LogP) is 3.15. The van der Waals surface area contributed by atoms with Crippen LogP contribution in [0.2, 0.25) is 0 Å². The van der Waals surface area contributed by atoms with Gasteiger partial charge in [-0.1, -0.05) is 6.07 Å². The standard InChI is InChI=1S/C15H18FN3/c1-3-19(14-8-6-13(16)7-9-14)15-12(10-17)5-4-11(2)18-15/h4-9H,3,10,17H2,1-2H3. The van der Waals surface area contributed by atoms with Crippen LogP contribution in [0.15, 0.2) is 36.4 Å². The highest BCUT2D eigenvalue weighted by Gasteiger charge is 2.13. The molecule has 0 unspecified atom stereocenters. The first-order valence-electron chi connectivity index (χ1n) is 6.35. The number of halogens is 1. The third-order valence-corrected chi connectivity index (χ3v) is 3.03. The Morgan fingerprint density at radius 2 is 1.84 bits per heavy atom. The van der Waals surface area contributed by atoms with Gasteiger partial charge in [0.25, 0.3) is 0 Å². The first-order chi connectivity index (χ1) is 9.15. The molecule has 0 atom stereocenters. The number of rotatable bonds is 4. The zero-order valence-electron chi connectivity index (χ0n) is 11.2. The summed E-state index contributed by atoms with van der Waals surface area (Å²) in [6.07, 6.45) is 0. The van der Waals surface area contributed by atoms with Gasteiger partial charge in [-0.2, -0.15) is 0 Å². The van der Waals surface area contributed by atoms with Gasteiger partial charge in [0.15, 0.2) is 0 Å². The van der Waals surface area contributed by atoms with E-state index in [1.165, 1.54) is 12.1 Å². The monoisotopic (exact) mass is 259 g/mol. The lowest BCUT2D eigenvalue weighted by molar-refractivity contribution is 0.627. The fraction of sp³-hybridized carbons (Fsp3) is 0.267. The molecule has 0 radical (unpaired) electrons. The number of pyridine rings is 1. The smallest absolute Gasteiger partial charge is 0.137 e. The second-order valence-electron chi connectivity index (χ2n) is 4.36. The molecule has 19 heavy (non-hydrogen) atoms. The molecule has 2 N–H and O–H groups in total. The molecule has 0 fully saturated rings. The van der Waals surface area contributed by atoms with E-state index < -0.39 is 0 Å². The molecule has 4 heteroatoms. The Kier molecular flexibility index (Phi) is 4.12. The summed E-state index contributed by atoms with van der Waals surface area (Å²) < 4.78 is 13.0. The lowest BCUT2D eigenvalue weighted by Gasteiger charge is -2.24. The van der Waals surface area contributed by atoms with Gasteiger partial charge in [0.05, 0.1) is 0 Å². The fourth-order valence-corrected chi connectivity index (χ4v) is 2.04. The molecule has 0 spiro atoms. The summed E-state index contributed by atoms with van der Waals surface area (Å²) in [5, 5.41) is 0. The molecule has 0 saturated heterocycles. The van der Waals surface area contributed by atoms with Crippen LogP contribution < -0.4 is 10.6 Å². The first-order valence-corrected chi connectivity index (χ1v) is 6.35. The van der Waals surface area contributed by atoms with Crippen molar-refractivity contribution in [1.82, 2.24) is 4.98 Å². The molecule has 1 heterocycles. The van der Waals surface area contributed by atoms with E-state index in [-0.39, 0.29) is 5.82 Å². The summed E-state index contributed by atoms with van der Waals surface area (Å²) in [4.78, 5) is 6.60. The molecule has 2 aromatic rings. The topological polar surface area (TPSA) is 42.2 Å². The number of aryl methyl sites for hydroxylation is 1. The first kappa shape index (κ1) is 13.5. The molecule has 0 amide bonds. The van der Waals surface area contributed by atoms with Gasteiger partial charge in [0.1, 0.15) is 11.6 Å². The zero-order chi connectivity index (χ0) is 13.8. The average Bonchev–Trinajstić information content (AvgIpc) is 2.42. The Morgan fingerprint density at radius 3 is 2.42 bits per heavy atom. The van der Waals surface area contributed by atoms with Crippen molar-refractivity contribution in [2.45, 2.75) is 20.4 Å². The number of nitrogens with zero attached hydrogens (tertiary/aromatic N) is 2. The molecule has 2 rings (SSSR count). The van der Waals surface area contributed by atoms with Crippen LogP contribution in [-0.2, 0) is 6.54 Å². The molecule has 100 valence electrons. The van der Waals surface area contributed by atoms with Crippen molar-refractivity contribution in [3.05, 3.63) is 53.5 Å². The van der Waals surface area contributed by atoms with Gasteiger partial charge in [-0.3, -0.25) is 0 Å². The Morgan fingerprint density at radius 1 is 1.16 bits per heavy atom. The molecule has 0 aliphatic rings. The quantitative estimate of drug-likeness (QED) is 0.917. The van der Waals surface area contributed by atoms with Crippen LogP contribution in [0.3, 0.4) is 0 Å². The Hall–Kier alpha value is -1.94. The normalized spacial score (nSPS) is 10.5. The van der Waals surface area contributed by atoms with Crippen LogP contribution in [0, 0.1) is 12.7 Å². The fourth-order valence-electron chi connectivity index (χ4n) is 2.04. The average molecular weight is 259 g/mol. The minimum atomic E-state index is -0.240. The maximum atomic E-state index is 13.0. The third-order valence-electron chi connectivity index (χ3n) is 3.03. The lowest BCUT2D eigenvalue weighted by Crippen LogP contribution is -2.20. The van der Waals surface area contributed by atoms with Crippen molar-refractivity contribution in [2.24, 2.45) is 5.73 Å². The van der Waals surface area contributed by atoms with Crippen LogP contribution in [0.5, 0.6) is 0 Å². The third kappa shape index (κ3) is 2.90. The van der Waals surface area contributed by atoms with E-state index in [1.54, 1.807) is 12.1 Å². The van der Waals surface area contributed by atoms with Crippen molar-refractivity contribution in [2.75, 3.05) is 11.4 Å². The molecule has 1 aromatic carbocycles. The predicted molar refractivity (Wildman–Crippen MR) is 75.9 cm³/mol. The minimum Gasteiger partial charge on any atom is -0.326 e. The van der Waals surface area contributed by atoms with Crippen LogP contribution in [0.4, 0.5) is 15.9 Å². The van der Waals surface area contributed by atoms with Gasteiger partial charge >= 0.3 is 0 Å². The second-order valence-corrected chi connectivity index (χ2v) is 4.36. The maximum Gasteiger partial charge on any atom is 0.137 e. The summed E-state index contributed by atoms with van der Waals surface area (Å²) in [5.74, 6) is 0.604. The van der Waals surface area contributed by atoms with Crippen LogP contribution in [0.25, 0.3) is 0 Å². The maximum absolute atomic E-state index is 13.0. The molecule has 0 saturated carbocycles. The zero-order valence-corrected chi connectivity index (χ0v) is 11.2. The van der Waals surface area contributed by atoms with E-state index in [0.29, 0.717) is 6.54 Å². The number of nitrogens with two attached hydrogens (primary N) is 1. The van der Waals surface area contributed by atoms with Gasteiger partial charge in [-0.05, 0) is 44.2 Å². The van der Waals surface area contributed by atoms with Gasteiger partial charge in [-0.15, -0.1) is 0 Å². The highest BCUT2D eigenvalue weighted by molar-refractivity contribution is 5.63. The van der Waals surface area contributed by atoms with Crippen molar-refractivity contribution in [3.8, 4) is 0 Å². The number of hydrogen-bond acceptors (Lipinski definition) is 3. The molecule has 3 nitrogen and oxygen atoms in total. The van der Waals surface area contributed by atoms with Crippen LogP contribution in [-0.4, -0.2) is 11.5 Å². The summed E-state index contributed by atoms with van der Waals surface area (Å²) in [6.45, 7) is 5.16. The molecule has 0 aliphatic carbocycles. The largest absolute Gasteiger partial charge is 0.326 e. The van der Waals surface area contributed by atoms with E-state index in [0.717, 1.165) is 29.3 Å². The molecule has 0 aliphatic heterocycles. The van der Waals surface area contributed by atoms with Crippen molar-refractivity contribution in [1.29, 1.82) is 0 Å². The van der Waals surface area contributed by atoms with E-state index in [9.17, 15) is 4.39 Å². The van der Waals surface area contributed by atoms with E-state index in [4.69, 9.17) is 5.73 Å². The number of aromatic nitrogens is 1. The highest BCUT2D eigenvalue weighted by Crippen LogP contribution is 2.26. The lowest BCUT2D eigenvalue weighted by atomic mass is 10.2. The van der Waals surface area contributed by atoms with E-state index in [2.05, 4.69) is 4.98 Å². The Labute approximate surface area is 112 Å². The SMILES string of the molecule is CCN(c1ccc(F)cc1)c1nc(C)ccc1CN. The summed E-state index contributed by atoms with van der Waals surface area (Å²) in [5.41, 5.74) is 8.60. The molecule has 0 bridgehead atoms. The molecular formula is C15H18FN3. The second kappa shape index (κ2) is 5.80. The van der Waals surface area contributed by atoms with Crippen LogP contribution >= 0.6 is 0 Å². The van der Waals surface area contributed by atoms with E-state index >= 15 is 0 Å². The van der Waals surface area contributed by atoms with E-state index in [1.807, 2.05) is 30.9 Å². The Bertz CT molecular complexity index is 552. The number of hydrogen-bond donors (Lipinski definition) is 1. The minimum absolute atomic E-state index is 0.240. The van der Waals surface area contributed by atoms with Gasteiger partial charge in [0.2, 0.25) is 0 Å². The molecule has 1 aromatic heterocycles.